The number of likely N-dealkylation sites (N-methyl/N-ethyl adjacent to an activating group) is 1. The highest BCUT2D eigenvalue weighted by Gasteiger charge is 2.38. The van der Waals surface area contributed by atoms with E-state index in [4.69, 9.17) is 0 Å². The maximum absolute atomic E-state index is 3.77. The Morgan fingerprint density at radius 1 is 1.00 bits per heavy atom. The molecular formula is C15H30N2. The van der Waals surface area contributed by atoms with Gasteiger partial charge >= 0.3 is 0 Å². The first-order valence-corrected chi connectivity index (χ1v) is 7.61. The molecule has 2 rings (SSSR count). The molecule has 2 fully saturated rings. The Morgan fingerprint density at radius 3 is 2.12 bits per heavy atom. The van der Waals surface area contributed by atoms with Crippen LogP contribution in [-0.4, -0.2) is 37.6 Å². The van der Waals surface area contributed by atoms with E-state index >= 15 is 0 Å². The Kier molecular flexibility index (Phi) is 4.87. The zero-order valence-electron chi connectivity index (χ0n) is 11.8. The molecule has 0 aliphatic heterocycles. The van der Waals surface area contributed by atoms with E-state index in [9.17, 15) is 0 Å². The van der Waals surface area contributed by atoms with Crippen molar-refractivity contribution in [3.63, 3.8) is 0 Å². The Balaban J connectivity index is 1.67. The first kappa shape index (κ1) is 13.4. The Morgan fingerprint density at radius 2 is 1.65 bits per heavy atom. The summed E-state index contributed by atoms with van der Waals surface area (Å²) in [6.07, 6.45) is 13.0. The highest BCUT2D eigenvalue weighted by Crippen LogP contribution is 2.35. The Bertz CT molecular complexity index is 213. The lowest BCUT2D eigenvalue weighted by atomic mass is 9.75. The summed E-state index contributed by atoms with van der Waals surface area (Å²) < 4.78 is 0. The molecular weight excluding hydrogens is 208 g/mol. The second kappa shape index (κ2) is 6.19. The summed E-state index contributed by atoms with van der Waals surface area (Å²) in [4.78, 5) is 2.44. The smallest absolute Gasteiger partial charge is 0.0327 e. The molecule has 0 aromatic heterocycles. The summed E-state index contributed by atoms with van der Waals surface area (Å²) in [7, 11) is 4.49. The molecule has 0 amide bonds. The van der Waals surface area contributed by atoms with Crippen molar-refractivity contribution in [3.05, 3.63) is 0 Å². The predicted octanol–water partition coefficient (Wildman–Crippen LogP) is 3.03. The van der Waals surface area contributed by atoms with Gasteiger partial charge in [-0.3, -0.25) is 0 Å². The van der Waals surface area contributed by atoms with Gasteiger partial charge in [0.15, 0.2) is 0 Å². The van der Waals surface area contributed by atoms with E-state index < -0.39 is 0 Å². The lowest BCUT2D eigenvalue weighted by Gasteiger charge is -2.47. The maximum atomic E-state index is 3.77. The minimum atomic E-state index is 0.491. The van der Waals surface area contributed by atoms with E-state index in [1.165, 1.54) is 70.9 Å². The van der Waals surface area contributed by atoms with Crippen LogP contribution >= 0.6 is 0 Å². The quantitative estimate of drug-likeness (QED) is 0.741. The zero-order valence-corrected chi connectivity index (χ0v) is 11.8. The Labute approximate surface area is 107 Å². The molecule has 0 radical (unpaired) electrons. The number of nitrogens with zero attached hydrogens (tertiary/aromatic N) is 1. The van der Waals surface area contributed by atoms with Crippen molar-refractivity contribution >= 4 is 0 Å². The molecule has 0 bridgehead atoms. The van der Waals surface area contributed by atoms with E-state index in [2.05, 4.69) is 24.3 Å². The normalized spacial score (nSPS) is 25.6. The molecule has 2 aliphatic rings. The van der Waals surface area contributed by atoms with Crippen molar-refractivity contribution in [1.82, 2.24) is 10.2 Å². The fourth-order valence-electron chi connectivity index (χ4n) is 3.44. The standard InChI is InChI=1S/C15H30N2/c1-17(2)15(10-7-11-15)13-16-12-14-8-5-3-4-6-9-14/h14,16H,3-13H2,1-2H3. The van der Waals surface area contributed by atoms with Crippen LogP contribution in [0.25, 0.3) is 0 Å². The van der Waals surface area contributed by atoms with Gasteiger partial charge in [0, 0.05) is 12.1 Å². The summed E-state index contributed by atoms with van der Waals surface area (Å²) in [6, 6.07) is 0. The van der Waals surface area contributed by atoms with Gasteiger partial charge < -0.3 is 10.2 Å². The first-order valence-electron chi connectivity index (χ1n) is 7.61. The molecule has 2 saturated carbocycles. The SMILES string of the molecule is CN(C)C1(CNCC2CCCCCC2)CCC1. The number of rotatable bonds is 5. The lowest BCUT2D eigenvalue weighted by Crippen LogP contribution is -2.56. The fraction of sp³-hybridized carbons (Fsp3) is 1.00. The first-order chi connectivity index (χ1) is 8.23. The average Bonchev–Trinajstić information content (AvgIpc) is 2.49. The van der Waals surface area contributed by atoms with Crippen LogP contribution in [0, 0.1) is 5.92 Å². The second-order valence-electron chi connectivity index (χ2n) is 6.46. The van der Waals surface area contributed by atoms with Gasteiger partial charge in [-0.05, 0) is 58.7 Å². The highest BCUT2D eigenvalue weighted by molar-refractivity contribution is 4.97. The van der Waals surface area contributed by atoms with Crippen LogP contribution in [0.5, 0.6) is 0 Å². The minimum absolute atomic E-state index is 0.491. The lowest BCUT2D eigenvalue weighted by molar-refractivity contribution is 0.0590. The average molecular weight is 238 g/mol. The van der Waals surface area contributed by atoms with Crippen LogP contribution in [0.2, 0.25) is 0 Å². The molecule has 0 atom stereocenters. The fourth-order valence-corrected chi connectivity index (χ4v) is 3.44. The molecule has 0 aromatic carbocycles. The third-order valence-electron chi connectivity index (χ3n) is 5.09. The van der Waals surface area contributed by atoms with Crippen LogP contribution in [0.4, 0.5) is 0 Å². The third kappa shape index (κ3) is 3.45. The largest absolute Gasteiger partial charge is 0.315 e. The van der Waals surface area contributed by atoms with E-state index in [-0.39, 0.29) is 0 Å². The molecule has 2 nitrogen and oxygen atoms in total. The summed E-state index contributed by atoms with van der Waals surface area (Å²) in [5.41, 5.74) is 0.491. The van der Waals surface area contributed by atoms with E-state index in [0.717, 1.165) is 5.92 Å². The molecule has 0 unspecified atom stereocenters. The summed E-state index contributed by atoms with van der Waals surface area (Å²) in [5.74, 6) is 0.955. The predicted molar refractivity (Wildman–Crippen MR) is 74.3 cm³/mol. The van der Waals surface area contributed by atoms with Gasteiger partial charge in [0.2, 0.25) is 0 Å². The Hall–Kier alpha value is -0.0800. The summed E-state index contributed by atoms with van der Waals surface area (Å²) >= 11 is 0. The summed E-state index contributed by atoms with van der Waals surface area (Å²) in [5, 5.41) is 3.77. The topological polar surface area (TPSA) is 15.3 Å². The zero-order chi connectivity index (χ0) is 12.1. The van der Waals surface area contributed by atoms with Gasteiger partial charge in [-0.15, -0.1) is 0 Å². The van der Waals surface area contributed by atoms with Crippen molar-refractivity contribution < 1.29 is 0 Å². The number of hydrogen-bond donors (Lipinski definition) is 1. The molecule has 17 heavy (non-hydrogen) atoms. The number of hydrogen-bond acceptors (Lipinski definition) is 2. The van der Waals surface area contributed by atoms with E-state index in [1.54, 1.807) is 0 Å². The van der Waals surface area contributed by atoms with Crippen molar-refractivity contribution in [2.45, 2.75) is 63.3 Å². The van der Waals surface area contributed by atoms with E-state index in [1.807, 2.05) is 0 Å². The van der Waals surface area contributed by atoms with Gasteiger partial charge in [0.05, 0.1) is 0 Å². The van der Waals surface area contributed by atoms with Gasteiger partial charge in [-0.1, -0.05) is 25.7 Å². The minimum Gasteiger partial charge on any atom is -0.315 e. The van der Waals surface area contributed by atoms with Crippen LogP contribution in [-0.2, 0) is 0 Å². The van der Waals surface area contributed by atoms with Gasteiger partial charge in [-0.2, -0.15) is 0 Å². The number of nitrogens with one attached hydrogen (secondary N) is 1. The monoisotopic (exact) mass is 238 g/mol. The molecule has 0 spiro atoms. The second-order valence-corrected chi connectivity index (χ2v) is 6.46. The van der Waals surface area contributed by atoms with Crippen molar-refractivity contribution in [2.75, 3.05) is 27.2 Å². The van der Waals surface area contributed by atoms with Crippen molar-refractivity contribution in [1.29, 1.82) is 0 Å². The van der Waals surface area contributed by atoms with Crippen LogP contribution < -0.4 is 5.32 Å². The van der Waals surface area contributed by atoms with Crippen molar-refractivity contribution in [3.8, 4) is 0 Å². The van der Waals surface area contributed by atoms with Crippen LogP contribution in [0.15, 0.2) is 0 Å². The molecule has 0 saturated heterocycles. The molecule has 2 heteroatoms. The molecule has 100 valence electrons. The highest BCUT2D eigenvalue weighted by atomic mass is 15.2. The summed E-state index contributed by atoms with van der Waals surface area (Å²) in [6.45, 7) is 2.46. The third-order valence-corrected chi connectivity index (χ3v) is 5.09. The van der Waals surface area contributed by atoms with Crippen LogP contribution in [0.3, 0.4) is 0 Å². The van der Waals surface area contributed by atoms with Gasteiger partial charge in [0.25, 0.3) is 0 Å². The van der Waals surface area contributed by atoms with Gasteiger partial charge in [0.1, 0.15) is 0 Å². The van der Waals surface area contributed by atoms with Crippen LogP contribution in [0.1, 0.15) is 57.8 Å². The molecule has 2 aliphatic carbocycles. The molecule has 0 aromatic rings. The molecule has 0 heterocycles. The maximum Gasteiger partial charge on any atom is 0.0327 e. The van der Waals surface area contributed by atoms with Crippen molar-refractivity contribution in [2.24, 2.45) is 5.92 Å². The van der Waals surface area contributed by atoms with Gasteiger partial charge in [-0.25, -0.2) is 0 Å². The van der Waals surface area contributed by atoms with E-state index in [0.29, 0.717) is 5.54 Å². The molecule has 1 N–H and O–H groups in total.